The molecule has 0 aromatic heterocycles. The molecule has 0 atom stereocenters. The van der Waals surface area contributed by atoms with Gasteiger partial charge < -0.3 is 21.1 Å². The van der Waals surface area contributed by atoms with Crippen LogP contribution in [0.1, 0.15) is 29.0 Å². The first-order valence-corrected chi connectivity index (χ1v) is 10.9. The van der Waals surface area contributed by atoms with Gasteiger partial charge in [0, 0.05) is 18.2 Å². The minimum absolute atomic E-state index is 0.0686. The minimum Gasteiger partial charge on any atom is -0.449 e. The van der Waals surface area contributed by atoms with Crippen LogP contribution < -0.4 is 16.4 Å². The first kappa shape index (κ1) is 21.6. The number of hydrogen-bond acceptors (Lipinski definition) is 3. The van der Waals surface area contributed by atoms with Gasteiger partial charge in [0.05, 0.1) is 0 Å². The van der Waals surface area contributed by atoms with Crippen molar-refractivity contribution >= 4 is 35.2 Å². The van der Waals surface area contributed by atoms with Gasteiger partial charge in [0.2, 0.25) is 0 Å². The summed E-state index contributed by atoms with van der Waals surface area (Å²) in [4.78, 5) is 12.2. The zero-order valence-electron chi connectivity index (χ0n) is 17.6. The molecule has 4 rings (SSSR count). The third-order valence-electron chi connectivity index (χ3n) is 5.41. The molecule has 32 heavy (non-hydrogen) atoms. The highest BCUT2D eigenvalue weighted by Crippen LogP contribution is 2.44. The van der Waals surface area contributed by atoms with E-state index in [1.807, 2.05) is 60.7 Å². The predicted molar refractivity (Wildman–Crippen MR) is 134 cm³/mol. The first-order valence-electron chi connectivity index (χ1n) is 10.5. The largest absolute Gasteiger partial charge is 0.449 e. The molecule has 6 heteroatoms. The van der Waals surface area contributed by atoms with Crippen molar-refractivity contribution in [2.75, 3.05) is 18.5 Å². The third kappa shape index (κ3) is 5.15. The number of nitrogens with one attached hydrogen (secondary N) is 2. The van der Waals surface area contributed by atoms with E-state index in [4.69, 9.17) is 22.7 Å². The van der Waals surface area contributed by atoms with Crippen LogP contribution in [0.15, 0.2) is 78.9 Å². The number of alkyl carbamates (subject to hydrolysis) is 1. The monoisotopic (exact) mass is 443 g/mol. The number of rotatable bonds is 7. The molecule has 0 spiro atoms. The van der Waals surface area contributed by atoms with Crippen LogP contribution >= 0.6 is 12.2 Å². The van der Waals surface area contributed by atoms with Gasteiger partial charge in [-0.15, -0.1) is 0 Å². The number of thiocarbonyl (C=S) groups is 1. The molecule has 0 bridgehead atoms. The van der Waals surface area contributed by atoms with E-state index in [-0.39, 0.29) is 11.0 Å². The standard InChI is InChI=1S/C26H25N3O2S/c27-25(32)29-19-14-12-18(13-15-19)7-5-6-16-28-26(30)31-17-24-22-10-3-1-8-20(22)21-9-2-4-11-23(21)24/h1-5,7-15,24H,6,16-17H2,(H,28,30)(H3,27,29,32). The van der Waals surface area contributed by atoms with Crippen molar-refractivity contribution in [3.8, 4) is 11.1 Å². The van der Waals surface area contributed by atoms with Gasteiger partial charge in [0.1, 0.15) is 6.61 Å². The molecule has 0 saturated heterocycles. The van der Waals surface area contributed by atoms with Gasteiger partial charge in [0.15, 0.2) is 5.11 Å². The number of nitrogens with two attached hydrogens (primary N) is 1. The van der Waals surface area contributed by atoms with Crippen molar-refractivity contribution in [3.05, 3.63) is 95.6 Å². The second-order valence-electron chi connectivity index (χ2n) is 7.55. The van der Waals surface area contributed by atoms with Crippen LogP contribution in [0.3, 0.4) is 0 Å². The molecule has 1 amide bonds. The molecule has 0 saturated carbocycles. The van der Waals surface area contributed by atoms with Crippen molar-refractivity contribution in [2.24, 2.45) is 5.73 Å². The lowest BCUT2D eigenvalue weighted by Crippen LogP contribution is -2.26. The number of benzene rings is 3. The van der Waals surface area contributed by atoms with E-state index in [0.717, 1.165) is 11.3 Å². The van der Waals surface area contributed by atoms with E-state index >= 15 is 0 Å². The Morgan fingerprint density at radius 3 is 2.22 bits per heavy atom. The number of carbonyl (C=O) groups excluding carboxylic acids is 1. The summed E-state index contributed by atoms with van der Waals surface area (Å²) in [5.41, 5.74) is 12.2. The Balaban J connectivity index is 1.23. The van der Waals surface area contributed by atoms with Crippen LogP contribution in [-0.4, -0.2) is 24.4 Å². The number of anilines is 1. The van der Waals surface area contributed by atoms with E-state index in [9.17, 15) is 4.79 Å². The lowest BCUT2D eigenvalue weighted by atomic mass is 9.98. The van der Waals surface area contributed by atoms with Crippen molar-refractivity contribution in [3.63, 3.8) is 0 Å². The van der Waals surface area contributed by atoms with Gasteiger partial charge in [-0.05, 0) is 58.6 Å². The van der Waals surface area contributed by atoms with Crippen LogP contribution in [0.25, 0.3) is 17.2 Å². The molecule has 0 unspecified atom stereocenters. The second-order valence-corrected chi connectivity index (χ2v) is 7.99. The molecule has 5 nitrogen and oxygen atoms in total. The Bertz CT molecular complexity index is 1100. The third-order valence-corrected chi connectivity index (χ3v) is 5.51. The van der Waals surface area contributed by atoms with Crippen LogP contribution in [-0.2, 0) is 4.74 Å². The summed E-state index contributed by atoms with van der Waals surface area (Å²) in [5.74, 6) is 0.0686. The van der Waals surface area contributed by atoms with Gasteiger partial charge in [0.25, 0.3) is 0 Å². The molecular formula is C26H25N3O2S. The summed E-state index contributed by atoms with van der Waals surface area (Å²) in [5, 5.41) is 5.95. The van der Waals surface area contributed by atoms with Crippen LogP contribution in [0.4, 0.5) is 10.5 Å². The summed E-state index contributed by atoms with van der Waals surface area (Å²) in [6, 6.07) is 24.4. The number of carbonyl (C=O) groups is 1. The van der Waals surface area contributed by atoms with Gasteiger partial charge in [-0.3, -0.25) is 0 Å². The smallest absolute Gasteiger partial charge is 0.407 e. The molecule has 162 valence electrons. The number of fused-ring (bicyclic) bond motifs is 3. The van der Waals surface area contributed by atoms with E-state index in [1.165, 1.54) is 22.3 Å². The molecule has 3 aromatic rings. The molecule has 0 radical (unpaired) electrons. The van der Waals surface area contributed by atoms with E-state index in [0.29, 0.717) is 19.6 Å². The zero-order valence-corrected chi connectivity index (χ0v) is 18.4. The van der Waals surface area contributed by atoms with Crippen LogP contribution in [0.5, 0.6) is 0 Å². The van der Waals surface area contributed by atoms with Crippen LogP contribution in [0, 0.1) is 0 Å². The Labute approximate surface area is 193 Å². The van der Waals surface area contributed by atoms with Crippen molar-refractivity contribution < 1.29 is 9.53 Å². The fraction of sp³-hybridized carbons (Fsp3) is 0.154. The van der Waals surface area contributed by atoms with E-state index in [2.05, 4.69) is 34.9 Å². The quantitative estimate of drug-likeness (QED) is 0.342. The minimum atomic E-state index is -0.395. The van der Waals surface area contributed by atoms with Crippen molar-refractivity contribution in [1.82, 2.24) is 5.32 Å². The fourth-order valence-electron chi connectivity index (χ4n) is 3.95. The van der Waals surface area contributed by atoms with E-state index in [1.54, 1.807) is 0 Å². The second kappa shape index (κ2) is 10.1. The normalized spacial score (nSPS) is 12.2. The van der Waals surface area contributed by atoms with Crippen LogP contribution in [0.2, 0.25) is 0 Å². The average molecular weight is 444 g/mol. The van der Waals surface area contributed by atoms with Gasteiger partial charge >= 0.3 is 6.09 Å². The SMILES string of the molecule is NC(=S)Nc1ccc(C=CCCNC(=O)OCC2c3ccccc3-c3ccccc32)cc1. The van der Waals surface area contributed by atoms with Crippen molar-refractivity contribution in [2.45, 2.75) is 12.3 Å². The maximum absolute atomic E-state index is 12.2. The lowest BCUT2D eigenvalue weighted by Gasteiger charge is -2.14. The zero-order chi connectivity index (χ0) is 22.3. The molecule has 0 heterocycles. The number of hydrogen-bond donors (Lipinski definition) is 3. The molecular weight excluding hydrogens is 418 g/mol. The Kier molecular flexibility index (Phi) is 6.82. The topological polar surface area (TPSA) is 76.4 Å². The lowest BCUT2D eigenvalue weighted by molar-refractivity contribution is 0.143. The number of amides is 1. The van der Waals surface area contributed by atoms with Gasteiger partial charge in [-0.2, -0.15) is 0 Å². The highest BCUT2D eigenvalue weighted by molar-refractivity contribution is 7.80. The number of ether oxygens (including phenoxy) is 1. The maximum atomic E-state index is 12.2. The molecule has 4 N–H and O–H groups in total. The molecule has 3 aromatic carbocycles. The summed E-state index contributed by atoms with van der Waals surface area (Å²) < 4.78 is 5.55. The highest BCUT2D eigenvalue weighted by Gasteiger charge is 2.28. The van der Waals surface area contributed by atoms with E-state index < -0.39 is 6.09 Å². The summed E-state index contributed by atoms with van der Waals surface area (Å²) >= 11 is 4.82. The molecule has 0 fully saturated rings. The molecule has 1 aliphatic carbocycles. The maximum Gasteiger partial charge on any atom is 0.407 e. The Morgan fingerprint density at radius 1 is 0.969 bits per heavy atom. The predicted octanol–water partition coefficient (Wildman–Crippen LogP) is 5.28. The highest BCUT2D eigenvalue weighted by atomic mass is 32.1. The van der Waals surface area contributed by atoms with Gasteiger partial charge in [-0.1, -0.05) is 72.8 Å². The Hall–Kier alpha value is -3.64. The summed E-state index contributed by atoms with van der Waals surface area (Å²) in [6.07, 6.45) is 4.33. The summed E-state index contributed by atoms with van der Waals surface area (Å²) in [7, 11) is 0. The average Bonchev–Trinajstić information content (AvgIpc) is 3.12. The molecule has 0 aliphatic heterocycles. The first-order chi connectivity index (χ1) is 15.6. The fourth-order valence-corrected chi connectivity index (χ4v) is 4.06. The van der Waals surface area contributed by atoms with Gasteiger partial charge in [-0.25, -0.2) is 4.79 Å². The Morgan fingerprint density at radius 2 is 1.59 bits per heavy atom. The summed E-state index contributed by atoms with van der Waals surface area (Å²) in [6.45, 7) is 0.830. The van der Waals surface area contributed by atoms with Crippen molar-refractivity contribution in [1.29, 1.82) is 0 Å². The molecule has 1 aliphatic rings.